The number of carboxylic acids is 1. The largest absolute Gasteiger partial charge is 0.476 e. The Hall–Kier alpha value is -2.69. The molecule has 1 heterocycles. The van der Waals surface area contributed by atoms with Crippen LogP contribution in [0.25, 0.3) is 0 Å². The van der Waals surface area contributed by atoms with Gasteiger partial charge in [0.15, 0.2) is 11.2 Å². The van der Waals surface area contributed by atoms with E-state index in [0.29, 0.717) is 16.6 Å². The van der Waals surface area contributed by atoms with Crippen LogP contribution in [-0.4, -0.2) is 53.4 Å². The second-order valence-corrected chi connectivity index (χ2v) is 10.0. The predicted molar refractivity (Wildman–Crippen MR) is 138 cm³/mol. The first-order valence-electron chi connectivity index (χ1n) is 10.2. The molecule has 2 aromatic carbocycles. The lowest BCUT2D eigenvalue weighted by Gasteiger charge is -2.41. The molecule has 0 saturated carbocycles. The van der Waals surface area contributed by atoms with Gasteiger partial charge >= 0.3 is 5.97 Å². The number of aromatic nitrogens is 1. The Morgan fingerprint density at radius 1 is 1.06 bits per heavy atom. The number of carbonyl (C=O) groups is 3. The van der Waals surface area contributed by atoms with Crippen molar-refractivity contribution in [3.63, 3.8) is 0 Å². The van der Waals surface area contributed by atoms with Crippen LogP contribution < -0.4 is 10.6 Å². The van der Waals surface area contributed by atoms with Crippen LogP contribution in [0, 0.1) is 0 Å². The van der Waals surface area contributed by atoms with Crippen molar-refractivity contribution in [2.45, 2.75) is 12.0 Å². The van der Waals surface area contributed by atoms with Gasteiger partial charge in [-0.15, -0.1) is 11.3 Å². The third-order valence-electron chi connectivity index (χ3n) is 5.24. The summed E-state index contributed by atoms with van der Waals surface area (Å²) in [5.74, 6) is -2.82. The Balaban J connectivity index is 2.35. The van der Waals surface area contributed by atoms with Gasteiger partial charge in [-0.1, -0.05) is 34.8 Å². The van der Waals surface area contributed by atoms with Crippen LogP contribution in [0.3, 0.4) is 0 Å². The molecule has 0 saturated heterocycles. The number of carbonyl (C=O) groups excluding carboxylic acids is 2. The summed E-state index contributed by atoms with van der Waals surface area (Å²) < 4.78 is 0. The van der Waals surface area contributed by atoms with E-state index in [9.17, 15) is 19.5 Å². The van der Waals surface area contributed by atoms with Gasteiger partial charge in [0.2, 0.25) is 0 Å². The van der Waals surface area contributed by atoms with E-state index < -0.39 is 23.3 Å². The smallest absolute Gasteiger partial charge is 0.355 e. The molecule has 35 heavy (non-hydrogen) atoms. The summed E-state index contributed by atoms with van der Waals surface area (Å²) in [7, 11) is 3.58. The second kappa shape index (κ2) is 10.9. The third-order valence-corrected chi connectivity index (χ3v) is 7.03. The molecule has 1 unspecified atom stereocenters. The Morgan fingerprint density at radius 3 is 2.20 bits per heavy atom. The Morgan fingerprint density at radius 2 is 1.69 bits per heavy atom. The number of aromatic carboxylic acids is 1. The summed E-state index contributed by atoms with van der Waals surface area (Å²) in [6, 6.07) is 10.6. The molecule has 3 aromatic rings. The molecule has 2 amide bonds. The van der Waals surface area contributed by atoms with Gasteiger partial charge in [0.25, 0.3) is 11.8 Å². The van der Waals surface area contributed by atoms with E-state index in [4.69, 9.17) is 40.5 Å². The first-order valence-corrected chi connectivity index (χ1v) is 12.2. The number of nitrogens with two attached hydrogens (primary N) is 1. The quantitative estimate of drug-likeness (QED) is 0.392. The topological polar surface area (TPSA) is 117 Å². The number of hydrogen-bond acceptors (Lipinski definition) is 6. The minimum Gasteiger partial charge on any atom is -0.476 e. The standard InChI is InChI=1S/C23H21Cl3N4O4S/c1-29(2)10-9-23(21(27)34,22-28-18(12-35-22)20(32)33)30(15-6-3-13(24)4-7-15)19(31)16-8-5-14(25)11-17(16)26/h3-8,11-12H,9-10H2,1-2H3,(H2,27,34)(H,32,33). The summed E-state index contributed by atoms with van der Waals surface area (Å²) in [5, 5.41) is 11.6. The molecule has 3 rings (SSSR count). The summed E-state index contributed by atoms with van der Waals surface area (Å²) in [5.41, 5.74) is 4.24. The Bertz CT molecular complexity index is 1270. The van der Waals surface area contributed by atoms with E-state index in [2.05, 4.69) is 4.98 Å². The van der Waals surface area contributed by atoms with Crippen LogP contribution in [0.15, 0.2) is 47.8 Å². The molecule has 0 fully saturated rings. The fraction of sp³-hybridized carbons (Fsp3) is 0.217. The molecule has 0 radical (unpaired) electrons. The zero-order chi connectivity index (χ0) is 25.9. The minimum atomic E-state index is -1.85. The van der Waals surface area contributed by atoms with Gasteiger partial charge in [0, 0.05) is 27.7 Å². The highest BCUT2D eigenvalue weighted by Crippen LogP contribution is 2.40. The van der Waals surface area contributed by atoms with Crippen LogP contribution in [-0.2, 0) is 10.3 Å². The van der Waals surface area contributed by atoms with E-state index >= 15 is 0 Å². The van der Waals surface area contributed by atoms with Crippen LogP contribution in [0.4, 0.5) is 5.69 Å². The molecule has 3 N–H and O–H groups in total. The number of anilines is 1. The normalized spacial score (nSPS) is 12.9. The number of halogens is 3. The first kappa shape index (κ1) is 26.9. The Labute approximate surface area is 220 Å². The summed E-state index contributed by atoms with van der Waals surface area (Å²) in [6.45, 7) is 0.316. The molecular formula is C23H21Cl3N4O4S. The van der Waals surface area contributed by atoms with E-state index in [1.54, 1.807) is 38.4 Å². The van der Waals surface area contributed by atoms with E-state index in [-0.39, 0.29) is 33.4 Å². The third kappa shape index (κ3) is 5.60. The molecule has 0 aliphatic carbocycles. The zero-order valence-electron chi connectivity index (χ0n) is 18.7. The maximum atomic E-state index is 14.1. The fourth-order valence-corrected chi connectivity index (χ4v) is 5.12. The first-order chi connectivity index (χ1) is 16.5. The number of rotatable bonds is 9. The van der Waals surface area contributed by atoms with E-state index in [1.165, 1.54) is 28.5 Å². The number of nitrogens with zero attached hydrogens (tertiary/aromatic N) is 3. The molecule has 0 spiro atoms. The predicted octanol–water partition coefficient (Wildman–Crippen LogP) is 4.78. The molecule has 0 aliphatic heterocycles. The number of carboxylic acid groups (broad SMARTS) is 1. The molecule has 1 aromatic heterocycles. The summed E-state index contributed by atoms with van der Waals surface area (Å²) in [4.78, 5) is 46.2. The van der Waals surface area contributed by atoms with Crippen molar-refractivity contribution in [2.24, 2.45) is 5.73 Å². The molecular weight excluding hydrogens is 535 g/mol. The number of thiazole rings is 1. The maximum Gasteiger partial charge on any atom is 0.355 e. The van der Waals surface area contributed by atoms with Crippen molar-refractivity contribution in [1.82, 2.24) is 9.88 Å². The monoisotopic (exact) mass is 554 g/mol. The fourth-order valence-electron chi connectivity index (χ4n) is 3.49. The molecule has 184 valence electrons. The number of primary amides is 1. The average molecular weight is 556 g/mol. The molecule has 0 aliphatic rings. The van der Waals surface area contributed by atoms with Gasteiger partial charge in [-0.25, -0.2) is 9.78 Å². The zero-order valence-corrected chi connectivity index (χ0v) is 21.8. The minimum absolute atomic E-state index is 0.0154. The number of amides is 2. The van der Waals surface area contributed by atoms with Crippen molar-refractivity contribution < 1.29 is 19.5 Å². The van der Waals surface area contributed by atoms with Gasteiger partial charge in [0.1, 0.15) is 5.01 Å². The number of hydrogen-bond donors (Lipinski definition) is 2. The van der Waals surface area contributed by atoms with Crippen LogP contribution in [0.5, 0.6) is 0 Å². The SMILES string of the molecule is CN(C)CCC(C(N)=O)(c1nc(C(=O)O)cs1)N(C(=O)c1ccc(Cl)cc1Cl)c1ccc(Cl)cc1. The van der Waals surface area contributed by atoms with Gasteiger partial charge in [-0.05, 0) is 63.0 Å². The summed E-state index contributed by atoms with van der Waals surface area (Å²) in [6.07, 6.45) is 0.0154. The lowest BCUT2D eigenvalue weighted by molar-refractivity contribution is -0.123. The van der Waals surface area contributed by atoms with Gasteiger partial charge < -0.3 is 15.7 Å². The van der Waals surface area contributed by atoms with Crippen molar-refractivity contribution in [3.8, 4) is 0 Å². The van der Waals surface area contributed by atoms with Crippen LogP contribution in [0.2, 0.25) is 15.1 Å². The molecule has 12 heteroatoms. The van der Waals surface area contributed by atoms with E-state index in [1.807, 2.05) is 4.90 Å². The highest BCUT2D eigenvalue weighted by atomic mass is 35.5. The highest BCUT2D eigenvalue weighted by Gasteiger charge is 2.50. The average Bonchev–Trinajstić information content (AvgIpc) is 3.28. The van der Waals surface area contributed by atoms with Crippen molar-refractivity contribution >= 4 is 69.6 Å². The summed E-state index contributed by atoms with van der Waals surface area (Å²) >= 11 is 19.4. The van der Waals surface area contributed by atoms with Crippen molar-refractivity contribution in [1.29, 1.82) is 0 Å². The lowest BCUT2D eigenvalue weighted by atomic mass is 9.90. The van der Waals surface area contributed by atoms with Crippen molar-refractivity contribution in [3.05, 3.63) is 79.2 Å². The van der Waals surface area contributed by atoms with Crippen molar-refractivity contribution in [2.75, 3.05) is 25.5 Å². The lowest BCUT2D eigenvalue weighted by Crippen LogP contribution is -2.59. The van der Waals surface area contributed by atoms with Gasteiger partial charge in [-0.3, -0.25) is 14.5 Å². The Kier molecular flexibility index (Phi) is 8.40. The number of benzene rings is 2. The highest BCUT2D eigenvalue weighted by molar-refractivity contribution is 7.10. The van der Waals surface area contributed by atoms with Gasteiger partial charge in [0.05, 0.1) is 10.6 Å². The molecule has 1 atom stereocenters. The maximum absolute atomic E-state index is 14.1. The molecule has 0 bridgehead atoms. The molecule has 8 nitrogen and oxygen atoms in total. The van der Waals surface area contributed by atoms with Crippen LogP contribution in [0.1, 0.15) is 32.3 Å². The van der Waals surface area contributed by atoms with Gasteiger partial charge in [-0.2, -0.15) is 0 Å². The van der Waals surface area contributed by atoms with Crippen LogP contribution >= 0.6 is 46.1 Å². The van der Waals surface area contributed by atoms with E-state index in [0.717, 1.165) is 11.3 Å². The second-order valence-electron chi connectivity index (χ2n) is 7.86.